The minimum absolute atomic E-state index is 0.549. The molecule has 4 aromatic rings. The molecule has 8 nitrogen and oxygen atoms in total. The second-order valence-electron chi connectivity index (χ2n) is 8.42. The third kappa shape index (κ3) is 4.73. The molecule has 0 saturated heterocycles. The van der Waals surface area contributed by atoms with Crippen molar-refractivity contribution in [3.63, 3.8) is 0 Å². The van der Waals surface area contributed by atoms with Crippen LogP contribution in [-0.2, 0) is 19.4 Å². The number of aromatic amines is 1. The lowest BCUT2D eigenvalue weighted by Crippen LogP contribution is -2.08. The third-order valence-corrected chi connectivity index (χ3v) is 5.33. The van der Waals surface area contributed by atoms with Gasteiger partial charge in [-0.15, -0.1) is 10.2 Å². The fraction of sp³-hybridized carbons (Fsp3) is 0.435. The minimum atomic E-state index is 0.549. The Balaban J connectivity index is 1.57. The molecule has 0 spiro atoms. The van der Waals surface area contributed by atoms with Crippen LogP contribution in [0.15, 0.2) is 36.5 Å². The van der Waals surface area contributed by atoms with Crippen molar-refractivity contribution in [3.05, 3.63) is 59.3 Å². The summed E-state index contributed by atoms with van der Waals surface area (Å²) in [6.07, 6.45) is 6.20. The van der Waals surface area contributed by atoms with Gasteiger partial charge in [-0.1, -0.05) is 39.3 Å². The highest BCUT2D eigenvalue weighted by Gasteiger charge is 2.15. The maximum Gasteiger partial charge on any atom is 0.221 e. The predicted molar refractivity (Wildman–Crippen MR) is 120 cm³/mol. The highest BCUT2D eigenvalue weighted by Crippen LogP contribution is 2.24. The zero-order valence-electron chi connectivity index (χ0n) is 18.7. The average Bonchev–Trinajstić information content (AvgIpc) is 3.47. The number of nitrogens with zero attached hydrogens (tertiary/aromatic N) is 7. The molecule has 0 aliphatic rings. The molecule has 0 radical (unpaired) electrons. The molecule has 0 aliphatic heterocycles. The summed E-state index contributed by atoms with van der Waals surface area (Å²) in [5.74, 6) is 3.17. The number of rotatable bonds is 9. The number of hydrogen-bond acceptors (Lipinski definition) is 5. The van der Waals surface area contributed by atoms with Crippen molar-refractivity contribution < 1.29 is 0 Å². The van der Waals surface area contributed by atoms with E-state index >= 15 is 0 Å². The zero-order valence-corrected chi connectivity index (χ0v) is 18.7. The molecule has 0 aliphatic carbocycles. The normalized spacial score (nSPS) is 11.5. The van der Waals surface area contributed by atoms with Crippen molar-refractivity contribution in [2.75, 3.05) is 0 Å². The number of nitrogens with one attached hydrogen (secondary N) is 1. The fourth-order valence-corrected chi connectivity index (χ4v) is 3.75. The maximum absolute atomic E-state index is 4.82. The fourth-order valence-electron chi connectivity index (χ4n) is 3.75. The molecule has 3 heterocycles. The average molecular weight is 419 g/mol. The molecule has 8 heteroatoms. The van der Waals surface area contributed by atoms with E-state index < -0.39 is 0 Å². The quantitative estimate of drug-likeness (QED) is 0.441. The maximum atomic E-state index is 4.82. The Morgan fingerprint density at radius 3 is 2.58 bits per heavy atom. The SMILES string of the molecule is CCCCc1nc(CC(C)C)nn1Cc1ccc(-n2ccc(C)c2-c2nn[nH]n2)cc1. The molecule has 0 saturated carbocycles. The molecule has 1 N–H and O–H groups in total. The van der Waals surface area contributed by atoms with Crippen molar-refractivity contribution in [1.29, 1.82) is 0 Å². The lowest BCUT2D eigenvalue weighted by atomic mass is 10.1. The Bertz CT molecular complexity index is 1100. The highest BCUT2D eigenvalue weighted by molar-refractivity contribution is 5.59. The van der Waals surface area contributed by atoms with Gasteiger partial charge in [0, 0.05) is 24.7 Å². The number of unbranched alkanes of at least 4 members (excludes halogenated alkanes) is 1. The van der Waals surface area contributed by atoms with E-state index in [0.29, 0.717) is 11.7 Å². The van der Waals surface area contributed by atoms with Crippen LogP contribution >= 0.6 is 0 Å². The van der Waals surface area contributed by atoms with E-state index in [2.05, 4.69) is 81.0 Å². The lowest BCUT2D eigenvalue weighted by Gasteiger charge is -2.10. The van der Waals surface area contributed by atoms with Gasteiger partial charge in [0.1, 0.15) is 5.82 Å². The summed E-state index contributed by atoms with van der Waals surface area (Å²) >= 11 is 0. The molecule has 0 amide bonds. The number of hydrogen-bond donors (Lipinski definition) is 1. The van der Waals surface area contributed by atoms with Gasteiger partial charge in [0.05, 0.1) is 12.2 Å². The first-order valence-corrected chi connectivity index (χ1v) is 11.0. The number of aryl methyl sites for hydroxylation is 2. The van der Waals surface area contributed by atoms with E-state index in [0.717, 1.165) is 60.8 Å². The van der Waals surface area contributed by atoms with E-state index in [1.54, 1.807) is 0 Å². The van der Waals surface area contributed by atoms with Crippen LogP contribution in [0.2, 0.25) is 0 Å². The Labute approximate surface area is 182 Å². The smallest absolute Gasteiger partial charge is 0.221 e. The molecule has 3 aromatic heterocycles. The van der Waals surface area contributed by atoms with Crippen LogP contribution in [0.25, 0.3) is 17.2 Å². The molecular weight excluding hydrogens is 388 g/mol. The van der Waals surface area contributed by atoms with Crippen molar-refractivity contribution >= 4 is 0 Å². The molecule has 162 valence electrons. The van der Waals surface area contributed by atoms with Crippen molar-refractivity contribution in [1.82, 2.24) is 40.0 Å². The Hall–Kier alpha value is -3.29. The first-order chi connectivity index (χ1) is 15.0. The Kier molecular flexibility index (Phi) is 6.25. The lowest BCUT2D eigenvalue weighted by molar-refractivity contribution is 0.592. The minimum Gasteiger partial charge on any atom is -0.313 e. The molecular formula is C23H30N8. The summed E-state index contributed by atoms with van der Waals surface area (Å²) in [5, 5.41) is 19.3. The first-order valence-electron chi connectivity index (χ1n) is 11.0. The standard InChI is InChI=1S/C23H30N8/c1-5-6-7-21-24-20(14-16(2)3)27-31(21)15-18-8-10-19(11-9-18)30-13-12-17(4)22(30)23-25-28-29-26-23/h8-13,16H,5-7,14-15H2,1-4H3,(H,25,26,28,29). The van der Waals surface area contributed by atoms with Crippen LogP contribution < -0.4 is 0 Å². The van der Waals surface area contributed by atoms with Gasteiger partial charge < -0.3 is 4.57 Å². The van der Waals surface area contributed by atoms with E-state index in [-0.39, 0.29) is 0 Å². The number of benzene rings is 1. The van der Waals surface area contributed by atoms with Gasteiger partial charge in [0.2, 0.25) is 5.82 Å². The predicted octanol–water partition coefficient (Wildman–Crippen LogP) is 4.15. The van der Waals surface area contributed by atoms with Crippen LogP contribution in [0.3, 0.4) is 0 Å². The van der Waals surface area contributed by atoms with Gasteiger partial charge >= 0.3 is 0 Å². The van der Waals surface area contributed by atoms with Crippen LogP contribution in [0, 0.1) is 12.8 Å². The van der Waals surface area contributed by atoms with E-state index in [9.17, 15) is 0 Å². The van der Waals surface area contributed by atoms with Gasteiger partial charge in [-0.05, 0) is 53.8 Å². The summed E-state index contributed by atoms with van der Waals surface area (Å²) in [4.78, 5) is 4.82. The monoisotopic (exact) mass is 418 g/mol. The van der Waals surface area contributed by atoms with Gasteiger partial charge in [-0.3, -0.25) is 0 Å². The van der Waals surface area contributed by atoms with Crippen molar-refractivity contribution in [2.24, 2.45) is 5.92 Å². The van der Waals surface area contributed by atoms with Gasteiger partial charge in [0.25, 0.3) is 0 Å². The van der Waals surface area contributed by atoms with Crippen LogP contribution in [-0.4, -0.2) is 40.0 Å². The third-order valence-electron chi connectivity index (χ3n) is 5.33. The summed E-state index contributed by atoms with van der Waals surface area (Å²) in [5.41, 5.74) is 4.30. The molecule has 4 rings (SSSR count). The second-order valence-corrected chi connectivity index (χ2v) is 8.42. The number of aromatic nitrogens is 8. The van der Waals surface area contributed by atoms with E-state index in [1.807, 2.05) is 13.1 Å². The molecule has 0 bridgehead atoms. The largest absolute Gasteiger partial charge is 0.313 e. The first kappa shape index (κ1) is 21.0. The van der Waals surface area contributed by atoms with E-state index in [1.165, 1.54) is 5.56 Å². The summed E-state index contributed by atoms with van der Waals surface area (Å²) in [6.45, 7) is 9.40. The Morgan fingerprint density at radius 2 is 1.90 bits per heavy atom. The van der Waals surface area contributed by atoms with Gasteiger partial charge in [-0.2, -0.15) is 10.3 Å². The topological polar surface area (TPSA) is 90.1 Å². The van der Waals surface area contributed by atoms with Gasteiger partial charge in [0.15, 0.2) is 5.82 Å². The van der Waals surface area contributed by atoms with Crippen LogP contribution in [0.1, 0.15) is 56.4 Å². The number of H-pyrrole nitrogens is 1. The molecule has 0 unspecified atom stereocenters. The number of tetrazole rings is 1. The molecule has 31 heavy (non-hydrogen) atoms. The molecule has 0 atom stereocenters. The van der Waals surface area contributed by atoms with E-state index in [4.69, 9.17) is 10.1 Å². The summed E-state index contributed by atoms with van der Waals surface area (Å²) in [7, 11) is 0. The highest BCUT2D eigenvalue weighted by atomic mass is 15.5. The van der Waals surface area contributed by atoms with Crippen molar-refractivity contribution in [2.45, 2.75) is 59.9 Å². The molecule has 0 fully saturated rings. The summed E-state index contributed by atoms with van der Waals surface area (Å²) < 4.78 is 4.17. The zero-order chi connectivity index (χ0) is 21.8. The van der Waals surface area contributed by atoms with Crippen LogP contribution in [0.5, 0.6) is 0 Å². The van der Waals surface area contributed by atoms with Crippen LogP contribution in [0.4, 0.5) is 0 Å². The second kappa shape index (κ2) is 9.24. The summed E-state index contributed by atoms with van der Waals surface area (Å²) in [6, 6.07) is 10.6. The van der Waals surface area contributed by atoms with Gasteiger partial charge in [-0.25, -0.2) is 9.67 Å². The van der Waals surface area contributed by atoms with Crippen molar-refractivity contribution in [3.8, 4) is 17.2 Å². The molecule has 1 aromatic carbocycles. The Morgan fingerprint density at radius 1 is 1.10 bits per heavy atom.